The molecule has 0 aliphatic rings. The van der Waals surface area contributed by atoms with E-state index in [1.54, 1.807) is 26.4 Å². The summed E-state index contributed by atoms with van der Waals surface area (Å²) in [5, 5.41) is 3.40. The van der Waals surface area contributed by atoms with Gasteiger partial charge in [0.25, 0.3) is 0 Å². The minimum Gasteiger partial charge on any atom is -0.481 e. The van der Waals surface area contributed by atoms with Crippen molar-refractivity contribution in [1.82, 2.24) is 10.3 Å². The number of aliphatic imine (C=N–C) groups is 1. The maximum Gasteiger partial charge on any atom is 0.214 e. The minimum absolute atomic E-state index is 0.141. The van der Waals surface area contributed by atoms with Gasteiger partial charge in [-0.15, -0.1) is 11.3 Å². The Morgan fingerprint density at radius 3 is 2.44 bits per heavy atom. The monoisotopic (exact) mass is 479 g/mol. The van der Waals surface area contributed by atoms with E-state index in [-0.39, 0.29) is 11.2 Å². The van der Waals surface area contributed by atoms with Crippen LogP contribution in [0.3, 0.4) is 0 Å². The largest absolute Gasteiger partial charge is 0.481 e. The number of pyridine rings is 1. The third-order valence-corrected chi connectivity index (χ3v) is 7.18. The van der Waals surface area contributed by atoms with Gasteiger partial charge in [0.1, 0.15) is 5.82 Å². The summed E-state index contributed by atoms with van der Waals surface area (Å²) >= 11 is 1.84. The molecule has 6 heteroatoms. The fourth-order valence-electron chi connectivity index (χ4n) is 3.62. The molecule has 0 unspecified atom stereocenters. The molecule has 1 aromatic carbocycles. The predicted molar refractivity (Wildman–Crippen MR) is 143 cm³/mol. The standard InChI is InChI=1S/C28H34FN3OS/c1-8-19(15-30-6)25-12-22(14-27(32-25)33-7)20-9-10-21(24(29)11-20)16-31-17-23-13-26(28(3,4)5)34-18(23)2/h8-15,31H,16-17H2,1-7H3/b19-8+,30-15-. The molecule has 4 nitrogen and oxygen atoms in total. The van der Waals surface area contributed by atoms with Gasteiger partial charge in [0, 0.05) is 53.3 Å². The SMILES string of the molecule is C/C=C(\C=N/C)c1cc(-c2ccc(CNCc3cc(C(C)(C)C)sc3C)c(F)c2)cc(OC)n1. The van der Waals surface area contributed by atoms with E-state index in [9.17, 15) is 0 Å². The Kier molecular flexibility index (Phi) is 8.39. The highest BCUT2D eigenvalue weighted by Gasteiger charge is 2.18. The molecule has 0 aliphatic heterocycles. The lowest BCUT2D eigenvalue weighted by atomic mass is 9.94. The second-order valence-electron chi connectivity index (χ2n) is 9.27. The number of benzene rings is 1. The Morgan fingerprint density at radius 2 is 1.85 bits per heavy atom. The third-order valence-electron chi connectivity index (χ3n) is 5.66. The zero-order valence-corrected chi connectivity index (χ0v) is 21.9. The maximum absolute atomic E-state index is 15.0. The number of aromatic nitrogens is 1. The predicted octanol–water partition coefficient (Wildman–Crippen LogP) is 6.96. The topological polar surface area (TPSA) is 46.5 Å². The fraction of sp³-hybridized carbons (Fsp3) is 0.357. The van der Waals surface area contributed by atoms with E-state index >= 15 is 4.39 Å². The summed E-state index contributed by atoms with van der Waals surface area (Å²) in [6.07, 6.45) is 3.69. The molecule has 0 aliphatic carbocycles. The normalized spacial score (nSPS) is 12.5. The molecule has 2 aromatic heterocycles. The molecule has 34 heavy (non-hydrogen) atoms. The second kappa shape index (κ2) is 11.1. The summed E-state index contributed by atoms with van der Waals surface area (Å²) in [6, 6.07) is 11.4. The van der Waals surface area contributed by atoms with Crippen molar-refractivity contribution in [3.05, 3.63) is 74.9 Å². The van der Waals surface area contributed by atoms with Crippen LogP contribution in [0.1, 0.15) is 54.3 Å². The number of hydrogen-bond donors (Lipinski definition) is 1. The van der Waals surface area contributed by atoms with Gasteiger partial charge in [-0.1, -0.05) is 39.0 Å². The molecule has 180 valence electrons. The van der Waals surface area contributed by atoms with Crippen molar-refractivity contribution < 1.29 is 9.13 Å². The van der Waals surface area contributed by atoms with Crippen LogP contribution in [0.2, 0.25) is 0 Å². The summed E-state index contributed by atoms with van der Waals surface area (Å²) in [4.78, 5) is 11.3. The van der Waals surface area contributed by atoms with Crippen LogP contribution in [-0.2, 0) is 18.5 Å². The quantitative estimate of drug-likeness (QED) is 0.355. The molecule has 0 saturated carbocycles. The first-order valence-corrected chi connectivity index (χ1v) is 12.2. The fourth-order valence-corrected chi connectivity index (χ4v) is 4.72. The molecular formula is C28H34FN3OS. The van der Waals surface area contributed by atoms with Gasteiger partial charge in [0.15, 0.2) is 0 Å². The van der Waals surface area contributed by atoms with Gasteiger partial charge < -0.3 is 10.1 Å². The molecule has 0 bridgehead atoms. The molecule has 2 heterocycles. The third kappa shape index (κ3) is 6.19. The van der Waals surface area contributed by atoms with Crippen molar-refractivity contribution in [3.8, 4) is 17.0 Å². The highest BCUT2D eigenvalue weighted by molar-refractivity contribution is 7.12. The van der Waals surface area contributed by atoms with Crippen molar-refractivity contribution in [3.63, 3.8) is 0 Å². The van der Waals surface area contributed by atoms with Crippen molar-refractivity contribution in [2.24, 2.45) is 4.99 Å². The molecule has 0 saturated heterocycles. The highest BCUT2D eigenvalue weighted by atomic mass is 32.1. The lowest BCUT2D eigenvalue weighted by Crippen LogP contribution is -2.14. The van der Waals surface area contributed by atoms with Crippen LogP contribution in [-0.4, -0.2) is 25.4 Å². The van der Waals surface area contributed by atoms with Crippen LogP contribution in [0, 0.1) is 12.7 Å². The Morgan fingerprint density at radius 1 is 1.12 bits per heavy atom. The number of rotatable bonds is 8. The van der Waals surface area contributed by atoms with Crippen LogP contribution >= 0.6 is 11.3 Å². The number of nitrogens with one attached hydrogen (secondary N) is 1. The van der Waals surface area contributed by atoms with Crippen LogP contribution in [0.15, 0.2) is 47.5 Å². The van der Waals surface area contributed by atoms with Gasteiger partial charge >= 0.3 is 0 Å². The zero-order valence-electron chi connectivity index (χ0n) is 21.1. The van der Waals surface area contributed by atoms with Crippen molar-refractivity contribution >= 4 is 23.1 Å². The van der Waals surface area contributed by atoms with Gasteiger partial charge in [-0.05, 0) is 54.2 Å². The average molecular weight is 480 g/mol. The molecule has 0 fully saturated rings. The van der Waals surface area contributed by atoms with Crippen LogP contribution < -0.4 is 10.1 Å². The number of hydrogen-bond acceptors (Lipinski definition) is 5. The molecule has 3 rings (SSSR count). The lowest BCUT2D eigenvalue weighted by molar-refractivity contribution is 0.398. The number of thiophene rings is 1. The van der Waals surface area contributed by atoms with Crippen LogP contribution in [0.4, 0.5) is 4.39 Å². The molecule has 0 amide bonds. The molecule has 0 spiro atoms. The highest BCUT2D eigenvalue weighted by Crippen LogP contribution is 2.32. The van der Waals surface area contributed by atoms with E-state index < -0.39 is 0 Å². The van der Waals surface area contributed by atoms with E-state index in [0.29, 0.717) is 18.0 Å². The van der Waals surface area contributed by atoms with E-state index in [1.807, 2.05) is 48.6 Å². The van der Waals surface area contributed by atoms with E-state index in [2.05, 4.69) is 49.1 Å². The Bertz CT molecular complexity index is 1200. The number of ether oxygens (including phenoxy) is 1. The van der Waals surface area contributed by atoms with Crippen LogP contribution in [0.25, 0.3) is 16.7 Å². The Hall–Kier alpha value is -2.83. The first kappa shape index (κ1) is 25.8. The summed E-state index contributed by atoms with van der Waals surface area (Å²) in [6.45, 7) is 11.9. The number of allylic oxidation sites excluding steroid dienone is 2. The second-order valence-corrected chi connectivity index (χ2v) is 10.5. The number of aryl methyl sites for hydroxylation is 1. The molecule has 1 N–H and O–H groups in total. The minimum atomic E-state index is -0.235. The maximum atomic E-state index is 15.0. The molecule has 3 aromatic rings. The summed E-state index contributed by atoms with van der Waals surface area (Å²) in [5.74, 6) is 0.240. The van der Waals surface area contributed by atoms with Gasteiger partial charge in [0.2, 0.25) is 5.88 Å². The Balaban J connectivity index is 1.77. The van der Waals surface area contributed by atoms with Gasteiger partial charge in [-0.2, -0.15) is 0 Å². The lowest BCUT2D eigenvalue weighted by Gasteiger charge is -2.15. The summed E-state index contributed by atoms with van der Waals surface area (Å²) < 4.78 is 20.4. The zero-order chi connectivity index (χ0) is 24.9. The molecule has 0 atom stereocenters. The van der Waals surface area contributed by atoms with Crippen molar-refractivity contribution in [2.45, 2.75) is 53.1 Å². The van der Waals surface area contributed by atoms with Gasteiger partial charge in [-0.3, -0.25) is 4.99 Å². The molecular weight excluding hydrogens is 445 g/mol. The van der Waals surface area contributed by atoms with E-state index in [1.165, 1.54) is 15.3 Å². The van der Waals surface area contributed by atoms with E-state index in [4.69, 9.17) is 4.74 Å². The Labute approximate surface area is 206 Å². The number of halogens is 1. The number of nitrogens with zero attached hydrogens (tertiary/aromatic N) is 2. The van der Waals surface area contributed by atoms with Gasteiger partial charge in [-0.25, -0.2) is 9.37 Å². The first-order chi connectivity index (χ1) is 16.2. The van der Waals surface area contributed by atoms with Crippen molar-refractivity contribution in [2.75, 3.05) is 14.2 Å². The summed E-state index contributed by atoms with van der Waals surface area (Å²) in [7, 11) is 3.30. The first-order valence-electron chi connectivity index (χ1n) is 11.4. The van der Waals surface area contributed by atoms with E-state index in [0.717, 1.165) is 28.9 Å². The van der Waals surface area contributed by atoms with Crippen molar-refractivity contribution in [1.29, 1.82) is 0 Å². The number of methoxy groups -OCH3 is 1. The summed E-state index contributed by atoms with van der Waals surface area (Å²) in [5.41, 5.74) is 5.28. The average Bonchev–Trinajstić information content (AvgIpc) is 3.19. The smallest absolute Gasteiger partial charge is 0.214 e. The van der Waals surface area contributed by atoms with Gasteiger partial charge in [0.05, 0.1) is 12.8 Å². The van der Waals surface area contributed by atoms with Crippen LogP contribution in [0.5, 0.6) is 5.88 Å². The molecule has 0 radical (unpaired) electrons.